The number of nitrogens with one attached hydrogen (secondary N) is 1. The molecule has 0 spiro atoms. The van der Waals surface area contributed by atoms with Gasteiger partial charge in [-0.1, -0.05) is 25.0 Å². The molecule has 4 nitrogen and oxygen atoms in total. The average Bonchev–Trinajstić information content (AvgIpc) is 3.16. The number of fused-ring (bicyclic) bond motifs is 2. The Morgan fingerprint density at radius 2 is 2.17 bits per heavy atom. The minimum absolute atomic E-state index is 0.00229. The summed E-state index contributed by atoms with van der Waals surface area (Å²) in [7, 11) is 1.90. The van der Waals surface area contributed by atoms with Crippen LogP contribution in [0.25, 0.3) is 10.2 Å². The quantitative estimate of drug-likeness (QED) is 0.941. The maximum absolute atomic E-state index is 12.7. The van der Waals surface area contributed by atoms with E-state index in [4.69, 9.17) is 0 Å². The first-order valence-corrected chi connectivity index (χ1v) is 9.38. The minimum atomic E-state index is 0.00229. The summed E-state index contributed by atoms with van der Waals surface area (Å²) in [5, 5.41) is 4.59. The molecule has 5 heteroatoms. The van der Waals surface area contributed by atoms with Crippen LogP contribution in [-0.4, -0.2) is 34.9 Å². The number of para-hydroxylation sites is 1. The summed E-state index contributed by atoms with van der Waals surface area (Å²) in [6, 6.07) is 8.71. The van der Waals surface area contributed by atoms with E-state index in [9.17, 15) is 4.79 Å². The van der Waals surface area contributed by atoms with Crippen molar-refractivity contribution in [1.82, 2.24) is 15.2 Å². The van der Waals surface area contributed by atoms with Crippen molar-refractivity contribution in [2.75, 3.05) is 7.05 Å². The van der Waals surface area contributed by atoms with Crippen LogP contribution in [0.3, 0.4) is 0 Å². The Morgan fingerprint density at radius 3 is 3.00 bits per heavy atom. The molecule has 2 heterocycles. The number of hydrogen-bond donors (Lipinski definition) is 1. The molecule has 2 aliphatic rings. The van der Waals surface area contributed by atoms with Crippen molar-refractivity contribution in [2.24, 2.45) is 5.92 Å². The molecule has 1 aliphatic carbocycles. The Balaban J connectivity index is 1.42. The summed E-state index contributed by atoms with van der Waals surface area (Å²) in [4.78, 5) is 19.2. The molecule has 1 saturated carbocycles. The zero-order valence-electron chi connectivity index (χ0n) is 13.5. The monoisotopic (exact) mass is 329 g/mol. The predicted octanol–water partition coefficient (Wildman–Crippen LogP) is 3.18. The standard InChI is InChI=1S/C18H23N3OS/c1-21(11-17-20-14-8-4-5-9-16(14)23-17)18(22)15-10-12-6-2-3-7-13(12)19-15/h4-5,8-9,12-13,15,19H,2-3,6-7,10-11H2,1H3. The minimum Gasteiger partial charge on any atom is -0.338 e. The molecule has 1 N–H and O–H groups in total. The number of rotatable bonds is 3. The molecule has 2 aromatic rings. The van der Waals surface area contributed by atoms with Gasteiger partial charge >= 0.3 is 0 Å². The molecule has 1 aromatic carbocycles. The number of carbonyl (C=O) groups is 1. The van der Waals surface area contributed by atoms with E-state index < -0.39 is 0 Å². The first kappa shape index (κ1) is 15.1. The van der Waals surface area contributed by atoms with Gasteiger partial charge in [-0.05, 0) is 37.3 Å². The number of likely N-dealkylation sites (N-methyl/N-ethyl adjacent to an activating group) is 1. The van der Waals surface area contributed by atoms with Crippen LogP contribution in [0.2, 0.25) is 0 Å². The van der Waals surface area contributed by atoms with E-state index >= 15 is 0 Å². The Hall–Kier alpha value is -1.46. The number of amides is 1. The highest BCUT2D eigenvalue weighted by molar-refractivity contribution is 7.18. The number of aromatic nitrogens is 1. The van der Waals surface area contributed by atoms with Gasteiger partial charge in [0.25, 0.3) is 0 Å². The summed E-state index contributed by atoms with van der Waals surface area (Å²) in [5.41, 5.74) is 1.03. The fourth-order valence-electron chi connectivity index (χ4n) is 4.04. The van der Waals surface area contributed by atoms with Crippen LogP contribution >= 0.6 is 11.3 Å². The van der Waals surface area contributed by atoms with Gasteiger partial charge in [-0.3, -0.25) is 4.79 Å². The first-order chi connectivity index (χ1) is 11.2. The normalized spacial score (nSPS) is 27.1. The molecule has 23 heavy (non-hydrogen) atoms. The summed E-state index contributed by atoms with van der Waals surface area (Å²) >= 11 is 1.68. The Kier molecular flexibility index (Phi) is 4.07. The third-order valence-electron chi connectivity index (χ3n) is 5.25. The third-order valence-corrected chi connectivity index (χ3v) is 6.27. The zero-order chi connectivity index (χ0) is 15.8. The Labute approximate surface area is 140 Å². The summed E-state index contributed by atoms with van der Waals surface area (Å²) < 4.78 is 1.19. The van der Waals surface area contributed by atoms with Crippen LogP contribution in [0.5, 0.6) is 0 Å². The van der Waals surface area contributed by atoms with Gasteiger partial charge in [0, 0.05) is 13.1 Å². The van der Waals surface area contributed by atoms with Gasteiger partial charge in [0.05, 0.1) is 22.8 Å². The lowest BCUT2D eigenvalue weighted by Gasteiger charge is -2.24. The number of hydrogen-bond acceptors (Lipinski definition) is 4. The molecule has 1 amide bonds. The zero-order valence-corrected chi connectivity index (χ0v) is 14.3. The molecule has 0 bridgehead atoms. The smallest absolute Gasteiger partial charge is 0.239 e. The first-order valence-electron chi connectivity index (χ1n) is 8.56. The largest absolute Gasteiger partial charge is 0.338 e. The fraction of sp³-hybridized carbons (Fsp3) is 0.556. The fourth-order valence-corrected chi connectivity index (χ4v) is 5.07. The van der Waals surface area contributed by atoms with Crippen molar-refractivity contribution in [2.45, 2.75) is 50.7 Å². The lowest BCUT2D eigenvalue weighted by molar-refractivity contribution is -0.132. The molecule has 2 fully saturated rings. The molecular weight excluding hydrogens is 306 g/mol. The van der Waals surface area contributed by atoms with E-state index in [-0.39, 0.29) is 11.9 Å². The highest BCUT2D eigenvalue weighted by atomic mass is 32.1. The van der Waals surface area contributed by atoms with E-state index in [1.807, 2.05) is 30.1 Å². The van der Waals surface area contributed by atoms with E-state index in [0.717, 1.165) is 16.9 Å². The molecule has 122 valence electrons. The van der Waals surface area contributed by atoms with Crippen LogP contribution in [0.15, 0.2) is 24.3 Å². The molecule has 1 aliphatic heterocycles. The van der Waals surface area contributed by atoms with Crippen LogP contribution in [0, 0.1) is 5.92 Å². The number of thiazole rings is 1. The van der Waals surface area contributed by atoms with Gasteiger partial charge < -0.3 is 10.2 Å². The van der Waals surface area contributed by atoms with Crippen LogP contribution in [0.1, 0.15) is 37.1 Å². The number of nitrogens with zero attached hydrogens (tertiary/aromatic N) is 2. The van der Waals surface area contributed by atoms with Crippen molar-refractivity contribution in [3.8, 4) is 0 Å². The van der Waals surface area contributed by atoms with Crippen molar-refractivity contribution < 1.29 is 4.79 Å². The Morgan fingerprint density at radius 1 is 1.35 bits per heavy atom. The van der Waals surface area contributed by atoms with Crippen molar-refractivity contribution in [3.63, 3.8) is 0 Å². The highest BCUT2D eigenvalue weighted by Gasteiger charge is 2.39. The van der Waals surface area contributed by atoms with Crippen molar-refractivity contribution >= 4 is 27.5 Å². The lowest BCUT2D eigenvalue weighted by atomic mass is 9.85. The van der Waals surface area contributed by atoms with Gasteiger partial charge in [-0.15, -0.1) is 11.3 Å². The van der Waals surface area contributed by atoms with Gasteiger partial charge in [0.1, 0.15) is 5.01 Å². The van der Waals surface area contributed by atoms with Gasteiger partial charge in [-0.2, -0.15) is 0 Å². The van der Waals surface area contributed by atoms with E-state index in [1.165, 1.54) is 30.4 Å². The molecule has 3 atom stereocenters. The summed E-state index contributed by atoms with van der Waals surface area (Å²) in [5.74, 6) is 0.923. The van der Waals surface area contributed by atoms with Crippen LogP contribution < -0.4 is 5.32 Å². The molecular formula is C18H23N3OS. The second-order valence-corrected chi connectivity index (χ2v) is 7.99. The SMILES string of the molecule is CN(Cc1nc2ccccc2s1)C(=O)C1CC2CCCCC2N1. The van der Waals surface area contributed by atoms with E-state index in [1.54, 1.807) is 11.3 Å². The van der Waals surface area contributed by atoms with Gasteiger partial charge in [0.2, 0.25) is 5.91 Å². The van der Waals surface area contributed by atoms with Crippen LogP contribution in [0.4, 0.5) is 0 Å². The molecule has 1 aromatic heterocycles. The Bertz CT molecular complexity index is 666. The maximum Gasteiger partial charge on any atom is 0.239 e. The number of benzene rings is 1. The third kappa shape index (κ3) is 3.00. The van der Waals surface area contributed by atoms with Crippen LogP contribution in [-0.2, 0) is 11.3 Å². The van der Waals surface area contributed by atoms with Gasteiger partial charge in [0.15, 0.2) is 0 Å². The highest BCUT2D eigenvalue weighted by Crippen LogP contribution is 2.33. The van der Waals surface area contributed by atoms with E-state index in [0.29, 0.717) is 18.5 Å². The maximum atomic E-state index is 12.7. The van der Waals surface area contributed by atoms with Crippen molar-refractivity contribution in [3.05, 3.63) is 29.3 Å². The summed E-state index contributed by atoms with van der Waals surface area (Å²) in [6.45, 7) is 0.603. The second-order valence-electron chi connectivity index (χ2n) is 6.88. The van der Waals surface area contributed by atoms with E-state index in [2.05, 4.69) is 16.4 Å². The topological polar surface area (TPSA) is 45.2 Å². The lowest BCUT2D eigenvalue weighted by Crippen LogP contribution is -2.43. The average molecular weight is 329 g/mol. The molecule has 0 radical (unpaired) electrons. The number of carbonyl (C=O) groups excluding carboxylic acids is 1. The summed E-state index contributed by atoms with van der Waals surface area (Å²) in [6.07, 6.45) is 6.15. The van der Waals surface area contributed by atoms with Crippen molar-refractivity contribution in [1.29, 1.82) is 0 Å². The molecule has 3 unspecified atom stereocenters. The molecule has 1 saturated heterocycles. The second kappa shape index (κ2) is 6.21. The predicted molar refractivity (Wildman–Crippen MR) is 93.4 cm³/mol. The molecule has 4 rings (SSSR count). The van der Waals surface area contributed by atoms with Gasteiger partial charge in [-0.25, -0.2) is 4.98 Å².